The number of carbonyl (C=O) groups is 1. The van der Waals surface area contributed by atoms with Crippen molar-refractivity contribution in [2.45, 2.75) is 25.3 Å². The van der Waals surface area contributed by atoms with Crippen molar-refractivity contribution in [3.8, 4) is 0 Å². The van der Waals surface area contributed by atoms with Crippen molar-refractivity contribution in [3.63, 3.8) is 0 Å². The predicted octanol–water partition coefficient (Wildman–Crippen LogP) is 0.900. The highest BCUT2D eigenvalue weighted by atomic mass is 16.5. The predicted molar refractivity (Wildman–Crippen MR) is 51.7 cm³/mol. The molecule has 1 N–H and O–H groups in total. The first-order valence-corrected chi connectivity index (χ1v) is 4.79. The number of ketones is 1. The van der Waals surface area contributed by atoms with Crippen LogP contribution in [0.1, 0.15) is 19.3 Å². The van der Waals surface area contributed by atoms with E-state index in [2.05, 4.69) is 11.9 Å². The zero-order valence-electron chi connectivity index (χ0n) is 7.92. The van der Waals surface area contributed by atoms with Crippen molar-refractivity contribution in [3.05, 3.63) is 12.7 Å². The molecular weight excluding hydrogens is 166 g/mol. The summed E-state index contributed by atoms with van der Waals surface area (Å²) in [5.74, 6) is 0.265. The minimum Gasteiger partial charge on any atom is -0.378 e. The highest BCUT2D eigenvalue weighted by Gasteiger charge is 2.19. The number of ether oxygens (including phenoxy) is 1. The normalized spacial score (nSPS) is 22.6. The Kier molecular flexibility index (Phi) is 4.72. The van der Waals surface area contributed by atoms with Gasteiger partial charge in [0, 0.05) is 13.0 Å². The molecule has 0 aromatic rings. The Labute approximate surface area is 79.2 Å². The summed E-state index contributed by atoms with van der Waals surface area (Å²) in [7, 11) is 0. The second kappa shape index (κ2) is 5.89. The summed E-state index contributed by atoms with van der Waals surface area (Å²) in [4.78, 5) is 11.5. The average Bonchev–Trinajstić information content (AvgIpc) is 2.19. The highest BCUT2D eigenvalue weighted by Crippen LogP contribution is 2.03. The molecule has 1 unspecified atom stereocenters. The van der Waals surface area contributed by atoms with Crippen LogP contribution in [-0.4, -0.2) is 31.6 Å². The lowest BCUT2D eigenvalue weighted by molar-refractivity contribution is -0.123. The zero-order chi connectivity index (χ0) is 9.52. The summed E-state index contributed by atoms with van der Waals surface area (Å²) in [5.41, 5.74) is 0. The van der Waals surface area contributed by atoms with Gasteiger partial charge < -0.3 is 10.1 Å². The molecule has 0 aromatic carbocycles. The Hall–Kier alpha value is -0.670. The third-order valence-corrected chi connectivity index (χ3v) is 2.14. The van der Waals surface area contributed by atoms with Gasteiger partial charge in [-0.2, -0.15) is 0 Å². The van der Waals surface area contributed by atoms with Crippen LogP contribution in [-0.2, 0) is 9.53 Å². The molecule has 1 aliphatic rings. The Morgan fingerprint density at radius 3 is 3.15 bits per heavy atom. The number of unbranched alkanes of at least 4 members (excludes halogenated alkanes) is 1. The van der Waals surface area contributed by atoms with Crippen LogP contribution in [0.5, 0.6) is 0 Å². The van der Waals surface area contributed by atoms with Gasteiger partial charge in [-0.05, 0) is 12.8 Å². The van der Waals surface area contributed by atoms with Crippen molar-refractivity contribution in [2.24, 2.45) is 0 Å². The number of nitrogens with one attached hydrogen (secondary N) is 1. The van der Waals surface area contributed by atoms with E-state index in [1.165, 1.54) is 0 Å². The molecule has 1 rings (SSSR count). The summed E-state index contributed by atoms with van der Waals surface area (Å²) in [6, 6.07) is -0.0708. The molecule has 13 heavy (non-hydrogen) atoms. The molecule has 1 fully saturated rings. The molecule has 74 valence electrons. The molecule has 0 saturated carbocycles. The van der Waals surface area contributed by atoms with E-state index in [9.17, 15) is 4.79 Å². The van der Waals surface area contributed by atoms with Gasteiger partial charge in [0.05, 0.1) is 19.3 Å². The van der Waals surface area contributed by atoms with Gasteiger partial charge in [-0.15, -0.1) is 6.58 Å². The van der Waals surface area contributed by atoms with Crippen LogP contribution in [0.4, 0.5) is 0 Å². The van der Waals surface area contributed by atoms with Gasteiger partial charge in [0.1, 0.15) is 0 Å². The molecule has 3 heteroatoms. The second-order valence-corrected chi connectivity index (χ2v) is 3.23. The van der Waals surface area contributed by atoms with E-state index >= 15 is 0 Å². The van der Waals surface area contributed by atoms with Crippen LogP contribution in [0.25, 0.3) is 0 Å². The number of morpholine rings is 1. The lowest BCUT2D eigenvalue weighted by atomic mass is 10.1. The molecule has 1 aliphatic heterocycles. The highest BCUT2D eigenvalue weighted by molar-refractivity contribution is 5.84. The fourth-order valence-electron chi connectivity index (χ4n) is 1.37. The second-order valence-electron chi connectivity index (χ2n) is 3.23. The first kappa shape index (κ1) is 10.4. The van der Waals surface area contributed by atoms with Crippen molar-refractivity contribution < 1.29 is 9.53 Å². The van der Waals surface area contributed by atoms with E-state index in [4.69, 9.17) is 4.74 Å². The van der Waals surface area contributed by atoms with E-state index in [-0.39, 0.29) is 11.8 Å². The third kappa shape index (κ3) is 3.70. The Morgan fingerprint density at radius 1 is 1.69 bits per heavy atom. The van der Waals surface area contributed by atoms with Crippen molar-refractivity contribution in [1.29, 1.82) is 0 Å². The van der Waals surface area contributed by atoms with Gasteiger partial charge in [0.2, 0.25) is 0 Å². The summed E-state index contributed by atoms with van der Waals surface area (Å²) in [6.07, 6.45) is 4.30. The van der Waals surface area contributed by atoms with Gasteiger partial charge in [0.25, 0.3) is 0 Å². The first-order chi connectivity index (χ1) is 6.34. The molecule has 0 aromatic heterocycles. The summed E-state index contributed by atoms with van der Waals surface area (Å²) >= 11 is 0. The van der Waals surface area contributed by atoms with Gasteiger partial charge in [-0.25, -0.2) is 0 Å². The SMILES string of the molecule is C=CCCCC(=O)C1COCCN1. The third-order valence-electron chi connectivity index (χ3n) is 2.14. The van der Waals surface area contributed by atoms with Crippen LogP contribution in [0.15, 0.2) is 12.7 Å². The molecular formula is C10H17NO2. The monoisotopic (exact) mass is 183 g/mol. The van der Waals surface area contributed by atoms with Crippen LogP contribution < -0.4 is 5.32 Å². The Balaban J connectivity index is 2.17. The van der Waals surface area contributed by atoms with Crippen LogP contribution in [0.2, 0.25) is 0 Å². The average molecular weight is 183 g/mol. The number of rotatable bonds is 5. The summed E-state index contributed by atoms with van der Waals surface area (Å²) < 4.78 is 5.21. The van der Waals surface area contributed by atoms with Crippen molar-refractivity contribution in [2.75, 3.05) is 19.8 Å². The molecule has 1 atom stereocenters. The van der Waals surface area contributed by atoms with Gasteiger partial charge >= 0.3 is 0 Å². The molecule has 0 radical (unpaired) electrons. The quantitative estimate of drug-likeness (QED) is 0.508. The molecule has 1 saturated heterocycles. The summed E-state index contributed by atoms with van der Waals surface area (Å²) in [6.45, 7) is 5.66. The maximum absolute atomic E-state index is 11.5. The van der Waals surface area contributed by atoms with E-state index < -0.39 is 0 Å². The number of hydrogen-bond donors (Lipinski definition) is 1. The van der Waals surface area contributed by atoms with Crippen molar-refractivity contribution in [1.82, 2.24) is 5.32 Å². The number of Topliss-reactive ketones (excluding diaryl/α,β-unsaturated/α-hetero) is 1. The maximum atomic E-state index is 11.5. The molecule has 0 spiro atoms. The molecule has 3 nitrogen and oxygen atoms in total. The smallest absolute Gasteiger partial charge is 0.152 e. The molecule has 1 heterocycles. The van der Waals surface area contributed by atoms with Gasteiger partial charge in [0.15, 0.2) is 5.78 Å². The maximum Gasteiger partial charge on any atom is 0.152 e. The molecule has 0 bridgehead atoms. The van der Waals surface area contributed by atoms with Crippen LogP contribution in [0.3, 0.4) is 0 Å². The van der Waals surface area contributed by atoms with Gasteiger partial charge in [-0.1, -0.05) is 6.08 Å². The summed E-state index contributed by atoms with van der Waals surface area (Å²) in [5, 5.41) is 3.15. The fourth-order valence-corrected chi connectivity index (χ4v) is 1.37. The van der Waals surface area contributed by atoms with E-state index in [0.717, 1.165) is 26.0 Å². The largest absolute Gasteiger partial charge is 0.378 e. The minimum absolute atomic E-state index is 0.0708. The van der Waals surface area contributed by atoms with E-state index in [0.29, 0.717) is 13.0 Å². The number of allylic oxidation sites excluding steroid dienone is 1. The lowest BCUT2D eigenvalue weighted by Crippen LogP contribution is -2.46. The lowest BCUT2D eigenvalue weighted by Gasteiger charge is -2.22. The minimum atomic E-state index is -0.0708. The fraction of sp³-hybridized carbons (Fsp3) is 0.700. The number of carbonyl (C=O) groups excluding carboxylic acids is 1. The van der Waals surface area contributed by atoms with Crippen molar-refractivity contribution >= 4 is 5.78 Å². The van der Waals surface area contributed by atoms with Crippen LogP contribution in [0, 0.1) is 0 Å². The van der Waals surface area contributed by atoms with Gasteiger partial charge in [-0.3, -0.25) is 4.79 Å². The topological polar surface area (TPSA) is 38.3 Å². The van der Waals surface area contributed by atoms with E-state index in [1.807, 2.05) is 6.08 Å². The zero-order valence-corrected chi connectivity index (χ0v) is 7.92. The first-order valence-electron chi connectivity index (χ1n) is 4.79. The molecule has 0 amide bonds. The standard InChI is InChI=1S/C10H17NO2/c1-2-3-4-5-10(12)9-8-13-7-6-11-9/h2,9,11H,1,3-8H2. The molecule has 0 aliphatic carbocycles. The number of hydrogen-bond acceptors (Lipinski definition) is 3. The Bertz CT molecular complexity index is 174. The van der Waals surface area contributed by atoms with Crippen LogP contribution >= 0.6 is 0 Å². The Morgan fingerprint density at radius 2 is 2.54 bits per heavy atom. The van der Waals surface area contributed by atoms with E-state index in [1.54, 1.807) is 0 Å².